The highest BCUT2D eigenvalue weighted by atomic mass is 19.1. The summed E-state index contributed by atoms with van der Waals surface area (Å²) in [6.07, 6.45) is 2.64. The first-order chi connectivity index (χ1) is 13.4. The van der Waals surface area contributed by atoms with Crippen LogP contribution >= 0.6 is 0 Å². The number of benzene rings is 2. The summed E-state index contributed by atoms with van der Waals surface area (Å²) in [5.41, 5.74) is -0.0922. The summed E-state index contributed by atoms with van der Waals surface area (Å²) >= 11 is 0. The van der Waals surface area contributed by atoms with Gasteiger partial charge in [-0.15, -0.1) is 0 Å². The Balaban J connectivity index is 1.90. The van der Waals surface area contributed by atoms with Gasteiger partial charge in [0.05, 0.1) is 11.5 Å². The van der Waals surface area contributed by atoms with E-state index in [1.165, 1.54) is 6.08 Å². The molecule has 0 bridgehead atoms. The van der Waals surface area contributed by atoms with Gasteiger partial charge in [0.1, 0.15) is 5.75 Å². The largest absolute Gasteiger partial charge is 0.493 e. The lowest BCUT2D eigenvalue weighted by Crippen LogP contribution is -2.20. The van der Waals surface area contributed by atoms with Crippen LogP contribution in [0.5, 0.6) is 5.75 Å². The minimum Gasteiger partial charge on any atom is -0.493 e. The van der Waals surface area contributed by atoms with E-state index >= 15 is 0 Å². The average molecular weight is 388 g/mol. The zero-order chi connectivity index (χ0) is 20.5. The highest BCUT2D eigenvalue weighted by Crippen LogP contribution is 2.21. The normalized spacial score (nSPS) is 10.5. The van der Waals surface area contributed by atoms with Crippen LogP contribution in [-0.2, 0) is 14.3 Å². The molecule has 0 aliphatic carbocycles. The number of hydrogen-bond acceptors (Lipinski definition) is 6. The third-order valence-electron chi connectivity index (χ3n) is 3.39. The van der Waals surface area contributed by atoms with Crippen molar-refractivity contribution in [3.63, 3.8) is 0 Å². The first kappa shape index (κ1) is 20.6. The molecule has 0 atom stereocenters. The van der Waals surface area contributed by atoms with Crippen molar-refractivity contribution in [1.82, 2.24) is 0 Å². The number of halogens is 1. The van der Waals surface area contributed by atoms with Gasteiger partial charge in [0.15, 0.2) is 6.61 Å². The van der Waals surface area contributed by atoms with Crippen molar-refractivity contribution >= 4 is 29.3 Å². The second kappa shape index (κ2) is 9.81. The molecule has 1 N–H and O–H groups in total. The Morgan fingerprint density at radius 1 is 1.25 bits per heavy atom. The van der Waals surface area contributed by atoms with Gasteiger partial charge in [-0.05, 0) is 31.2 Å². The fourth-order valence-corrected chi connectivity index (χ4v) is 2.18. The van der Waals surface area contributed by atoms with Crippen LogP contribution in [0.15, 0.2) is 48.5 Å². The molecular weight excluding hydrogens is 371 g/mol. The molecule has 28 heavy (non-hydrogen) atoms. The Hall–Kier alpha value is -3.75. The maximum atomic E-state index is 13.3. The van der Waals surface area contributed by atoms with Crippen molar-refractivity contribution < 1.29 is 28.4 Å². The molecule has 2 rings (SSSR count). The number of nitro benzene ring substituents is 1. The van der Waals surface area contributed by atoms with Gasteiger partial charge in [0.25, 0.3) is 5.91 Å². The predicted octanol–water partition coefficient (Wildman–Crippen LogP) is 3.33. The van der Waals surface area contributed by atoms with Crippen molar-refractivity contribution in [3.8, 4) is 5.75 Å². The van der Waals surface area contributed by atoms with Crippen LogP contribution in [-0.4, -0.2) is 30.0 Å². The molecule has 0 heterocycles. The molecule has 0 aliphatic rings. The third kappa shape index (κ3) is 5.90. The summed E-state index contributed by atoms with van der Waals surface area (Å²) in [7, 11) is 0. The van der Waals surface area contributed by atoms with Gasteiger partial charge in [-0.25, -0.2) is 4.79 Å². The summed E-state index contributed by atoms with van der Waals surface area (Å²) in [4.78, 5) is 33.4. The van der Waals surface area contributed by atoms with Crippen LogP contribution in [0.25, 0.3) is 6.08 Å². The Morgan fingerprint density at radius 3 is 2.71 bits per heavy atom. The van der Waals surface area contributed by atoms with Gasteiger partial charge < -0.3 is 14.8 Å². The van der Waals surface area contributed by atoms with E-state index in [2.05, 4.69) is 5.32 Å². The highest BCUT2D eigenvalue weighted by molar-refractivity contribution is 5.95. The number of esters is 1. The van der Waals surface area contributed by atoms with Crippen LogP contribution < -0.4 is 10.1 Å². The molecule has 0 spiro atoms. The third-order valence-corrected chi connectivity index (χ3v) is 3.39. The smallest absolute Gasteiger partial charge is 0.331 e. The van der Waals surface area contributed by atoms with Crippen molar-refractivity contribution in [1.29, 1.82) is 0 Å². The van der Waals surface area contributed by atoms with Crippen LogP contribution in [0.1, 0.15) is 12.5 Å². The van der Waals surface area contributed by atoms with Crippen LogP contribution in [0, 0.1) is 15.9 Å². The molecule has 9 heteroatoms. The topological polar surface area (TPSA) is 108 Å². The standard InChI is InChI=1S/C19H17FN2O6/c1-2-27-17-6-4-3-5-13(17)7-10-19(24)28-12-18(23)21-14-8-9-15(20)16(11-14)22(25)26/h3-11H,2,12H2,1H3,(H,21,23). The molecule has 8 nitrogen and oxygen atoms in total. The molecule has 0 aromatic heterocycles. The monoisotopic (exact) mass is 388 g/mol. The predicted molar refractivity (Wildman–Crippen MR) is 99.3 cm³/mol. The lowest BCUT2D eigenvalue weighted by molar-refractivity contribution is -0.387. The van der Waals surface area contributed by atoms with Crippen molar-refractivity contribution in [2.75, 3.05) is 18.5 Å². The van der Waals surface area contributed by atoms with Gasteiger partial charge in [0, 0.05) is 23.4 Å². The van der Waals surface area contributed by atoms with E-state index in [1.807, 2.05) is 6.92 Å². The summed E-state index contributed by atoms with van der Waals surface area (Å²) < 4.78 is 23.5. The van der Waals surface area contributed by atoms with E-state index in [1.54, 1.807) is 24.3 Å². The van der Waals surface area contributed by atoms with Crippen molar-refractivity contribution in [2.45, 2.75) is 6.92 Å². The zero-order valence-corrected chi connectivity index (χ0v) is 14.9. The molecule has 0 radical (unpaired) electrons. The van der Waals surface area contributed by atoms with Gasteiger partial charge in [-0.3, -0.25) is 14.9 Å². The number of hydrogen-bond donors (Lipinski definition) is 1. The maximum Gasteiger partial charge on any atom is 0.331 e. The lowest BCUT2D eigenvalue weighted by Gasteiger charge is -2.07. The number of nitro groups is 1. The Kier molecular flexibility index (Phi) is 7.21. The molecule has 0 aliphatic heterocycles. The zero-order valence-electron chi connectivity index (χ0n) is 14.9. The molecule has 146 valence electrons. The number of amides is 1. The van der Waals surface area contributed by atoms with Crippen molar-refractivity contribution in [3.05, 3.63) is 70.0 Å². The summed E-state index contributed by atoms with van der Waals surface area (Å²) in [6, 6.07) is 9.98. The molecule has 0 unspecified atom stereocenters. The van der Waals surface area contributed by atoms with Gasteiger partial charge in [0.2, 0.25) is 5.82 Å². The van der Waals surface area contributed by atoms with Crippen LogP contribution in [0.2, 0.25) is 0 Å². The number of nitrogens with one attached hydrogen (secondary N) is 1. The van der Waals surface area contributed by atoms with Crippen LogP contribution in [0.4, 0.5) is 15.8 Å². The number of ether oxygens (including phenoxy) is 2. The molecule has 0 saturated carbocycles. The first-order valence-corrected chi connectivity index (χ1v) is 8.21. The molecule has 2 aromatic carbocycles. The number of anilines is 1. The molecule has 1 amide bonds. The molecular formula is C19H17FN2O6. The minimum atomic E-state index is -1.02. The molecule has 0 fully saturated rings. The number of carbonyl (C=O) groups is 2. The van der Waals surface area contributed by atoms with Gasteiger partial charge in [-0.1, -0.05) is 18.2 Å². The van der Waals surface area contributed by atoms with Crippen molar-refractivity contribution in [2.24, 2.45) is 0 Å². The quantitative estimate of drug-likeness (QED) is 0.322. The highest BCUT2D eigenvalue weighted by Gasteiger charge is 2.15. The van der Waals surface area contributed by atoms with Gasteiger partial charge in [-0.2, -0.15) is 4.39 Å². The second-order valence-electron chi connectivity index (χ2n) is 5.38. The SMILES string of the molecule is CCOc1ccccc1C=CC(=O)OCC(=O)Nc1ccc(F)c([N+](=O)[O-])c1. The van der Waals surface area contributed by atoms with E-state index in [-0.39, 0.29) is 5.69 Å². The Bertz CT molecular complexity index is 913. The fraction of sp³-hybridized carbons (Fsp3) is 0.158. The van der Waals surface area contributed by atoms with Gasteiger partial charge >= 0.3 is 11.7 Å². The minimum absolute atomic E-state index is 0.00957. The van der Waals surface area contributed by atoms with E-state index < -0.39 is 34.9 Å². The number of nitrogens with zero attached hydrogens (tertiary/aromatic N) is 1. The molecule has 2 aromatic rings. The number of para-hydroxylation sites is 1. The van der Waals surface area contributed by atoms with E-state index in [4.69, 9.17) is 9.47 Å². The Morgan fingerprint density at radius 2 is 2.00 bits per heavy atom. The lowest BCUT2D eigenvalue weighted by atomic mass is 10.2. The van der Waals surface area contributed by atoms with E-state index in [0.29, 0.717) is 17.9 Å². The number of rotatable bonds is 8. The fourth-order valence-electron chi connectivity index (χ4n) is 2.18. The second-order valence-corrected chi connectivity index (χ2v) is 5.38. The number of carbonyl (C=O) groups excluding carboxylic acids is 2. The summed E-state index contributed by atoms with van der Waals surface area (Å²) in [5.74, 6) is -1.90. The van der Waals surface area contributed by atoms with Crippen LogP contribution in [0.3, 0.4) is 0 Å². The maximum absolute atomic E-state index is 13.3. The van der Waals surface area contributed by atoms with E-state index in [9.17, 15) is 24.1 Å². The summed E-state index contributed by atoms with van der Waals surface area (Å²) in [5, 5.41) is 13.0. The Labute approximate surface area is 159 Å². The average Bonchev–Trinajstić information content (AvgIpc) is 2.67. The van der Waals surface area contributed by atoms with E-state index in [0.717, 1.165) is 24.3 Å². The summed E-state index contributed by atoms with van der Waals surface area (Å²) in [6.45, 7) is 1.70. The first-order valence-electron chi connectivity index (χ1n) is 8.21. The molecule has 0 saturated heterocycles.